The lowest BCUT2D eigenvalue weighted by atomic mass is 10.1. The van der Waals surface area contributed by atoms with E-state index in [0.717, 1.165) is 6.07 Å². The molecule has 0 aliphatic rings. The molecule has 0 aliphatic carbocycles. The van der Waals surface area contributed by atoms with E-state index < -0.39 is 22.4 Å². The summed E-state index contributed by atoms with van der Waals surface area (Å²) in [5.74, 6) is 0. The Bertz CT molecular complexity index is 1330. The van der Waals surface area contributed by atoms with Gasteiger partial charge in [0.1, 0.15) is 5.65 Å². The fourth-order valence-electron chi connectivity index (χ4n) is 3.05. The number of alkyl halides is 3. The van der Waals surface area contributed by atoms with Gasteiger partial charge in [-0.2, -0.15) is 22.8 Å². The minimum absolute atomic E-state index is 0.160. The average molecular weight is 435 g/mol. The molecular weight excluding hydrogens is 425 g/mol. The summed E-state index contributed by atoms with van der Waals surface area (Å²) in [5.41, 5.74) is -1.90. The lowest BCUT2D eigenvalue weighted by Crippen LogP contribution is -2.15. The highest BCUT2D eigenvalue weighted by atomic mass is 35.5. The third-order valence-corrected chi connectivity index (χ3v) is 4.66. The molecule has 0 fully saturated rings. The maximum absolute atomic E-state index is 13.6. The standard InChI is InChI=1S/C19H10ClF3N4O3/c20-12-5-1-11(2-6-12)16-17(19(21,22)23)25-26-15(28)9-14(24-18(16)26)10-3-7-13(8-4-10)27(29)30/h1-9,24H. The van der Waals surface area contributed by atoms with Crippen LogP contribution in [0.1, 0.15) is 5.69 Å². The van der Waals surface area contributed by atoms with Gasteiger partial charge in [-0.1, -0.05) is 23.7 Å². The average Bonchev–Trinajstić information content (AvgIpc) is 3.09. The van der Waals surface area contributed by atoms with Crippen molar-refractivity contribution in [2.24, 2.45) is 0 Å². The van der Waals surface area contributed by atoms with Gasteiger partial charge in [0.25, 0.3) is 11.2 Å². The largest absolute Gasteiger partial charge is 0.435 e. The normalized spacial score (nSPS) is 11.7. The topological polar surface area (TPSA) is 93.3 Å². The zero-order valence-corrected chi connectivity index (χ0v) is 15.5. The predicted octanol–water partition coefficient (Wildman–Crippen LogP) is 4.94. The predicted molar refractivity (Wildman–Crippen MR) is 103 cm³/mol. The molecule has 4 rings (SSSR count). The number of nitrogens with one attached hydrogen (secondary N) is 1. The van der Waals surface area contributed by atoms with Crippen molar-refractivity contribution in [3.05, 3.63) is 85.8 Å². The van der Waals surface area contributed by atoms with Crippen LogP contribution in [-0.4, -0.2) is 19.5 Å². The van der Waals surface area contributed by atoms with E-state index in [1.165, 1.54) is 48.5 Å². The molecule has 0 radical (unpaired) electrons. The molecule has 0 aliphatic heterocycles. The van der Waals surface area contributed by atoms with Gasteiger partial charge in [0.15, 0.2) is 5.69 Å². The van der Waals surface area contributed by atoms with E-state index in [4.69, 9.17) is 11.6 Å². The van der Waals surface area contributed by atoms with Gasteiger partial charge < -0.3 is 4.98 Å². The van der Waals surface area contributed by atoms with Crippen LogP contribution in [0.15, 0.2) is 59.4 Å². The molecule has 152 valence electrons. The summed E-state index contributed by atoms with van der Waals surface area (Å²) in [6, 6.07) is 12.0. The summed E-state index contributed by atoms with van der Waals surface area (Å²) in [6.45, 7) is 0. The van der Waals surface area contributed by atoms with Crippen LogP contribution in [0.5, 0.6) is 0 Å². The summed E-state index contributed by atoms with van der Waals surface area (Å²) in [6.07, 6.45) is -4.81. The summed E-state index contributed by atoms with van der Waals surface area (Å²) >= 11 is 5.84. The van der Waals surface area contributed by atoms with Crippen molar-refractivity contribution in [3.8, 4) is 22.4 Å². The number of H-pyrrole nitrogens is 1. The lowest BCUT2D eigenvalue weighted by molar-refractivity contribution is -0.384. The molecule has 0 unspecified atom stereocenters. The number of non-ortho nitro benzene ring substituents is 1. The quantitative estimate of drug-likeness (QED) is 0.365. The summed E-state index contributed by atoms with van der Waals surface area (Å²) < 4.78 is 41.6. The van der Waals surface area contributed by atoms with Crippen LogP contribution in [0.2, 0.25) is 5.02 Å². The van der Waals surface area contributed by atoms with Crippen LogP contribution in [0.4, 0.5) is 18.9 Å². The van der Waals surface area contributed by atoms with Crippen LogP contribution < -0.4 is 5.56 Å². The summed E-state index contributed by atoms with van der Waals surface area (Å²) in [4.78, 5) is 25.6. The number of benzene rings is 2. The molecule has 0 bridgehead atoms. The number of aromatic amines is 1. The fraction of sp³-hybridized carbons (Fsp3) is 0.0526. The molecule has 2 aromatic carbocycles. The SMILES string of the molecule is O=c1cc(-c2ccc([N+](=O)[O-])cc2)[nH]c2c(-c3ccc(Cl)cc3)c(C(F)(F)F)nn12. The van der Waals surface area contributed by atoms with E-state index in [0.29, 0.717) is 15.1 Å². The molecule has 0 saturated carbocycles. The Morgan fingerprint density at radius 1 is 1.03 bits per heavy atom. The molecule has 11 heteroatoms. The Morgan fingerprint density at radius 3 is 2.20 bits per heavy atom. The number of nitro groups is 1. The molecule has 2 aromatic heterocycles. The first kappa shape index (κ1) is 19.6. The minimum atomic E-state index is -4.81. The van der Waals surface area contributed by atoms with Crippen LogP contribution in [0.25, 0.3) is 28.0 Å². The van der Waals surface area contributed by atoms with E-state index in [1.807, 2.05) is 0 Å². The maximum atomic E-state index is 13.6. The monoisotopic (exact) mass is 434 g/mol. The van der Waals surface area contributed by atoms with Crippen molar-refractivity contribution in [2.45, 2.75) is 6.18 Å². The van der Waals surface area contributed by atoms with E-state index >= 15 is 0 Å². The number of rotatable bonds is 3. The van der Waals surface area contributed by atoms with Crippen LogP contribution >= 0.6 is 11.6 Å². The van der Waals surface area contributed by atoms with Crippen molar-refractivity contribution >= 4 is 22.9 Å². The molecule has 1 N–H and O–H groups in total. The zero-order valence-electron chi connectivity index (χ0n) is 14.8. The van der Waals surface area contributed by atoms with Crippen LogP contribution in [0.3, 0.4) is 0 Å². The van der Waals surface area contributed by atoms with Crippen molar-refractivity contribution in [1.82, 2.24) is 14.6 Å². The molecular formula is C19H10ClF3N4O3. The van der Waals surface area contributed by atoms with Gasteiger partial charge in [-0.25, -0.2) is 0 Å². The molecule has 0 spiro atoms. The second kappa shape index (κ2) is 6.99. The third-order valence-electron chi connectivity index (χ3n) is 4.41. The van der Waals surface area contributed by atoms with E-state index in [1.54, 1.807) is 0 Å². The molecule has 0 atom stereocenters. The first-order chi connectivity index (χ1) is 14.1. The number of aromatic nitrogens is 3. The second-order valence-corrected chi connectivity index (χ2v) is 6.75. The Morgan fingerprint density at radius 2 is 1.63 bits per heavy atom. The maximum Gasteiger partial charge on any atom is 0.435 e. The zero-order chi connectivity index (χ0) is 21.6. The number of hydrogen-bond acceptors (Lipinski definition) is 4. The highest BCUT2D eigenvalue weighted by molar-refractivity contribution is 6.30. The summed E-state index contributed by atoms with van der Waals surface area (Å²) in [5, 5.41) is 14.6. The Labute approximate surface area is 170 Å². The van der Waals surface area contributed by atoms with Crippen molar-refractivity contribution < 1.29 is 18.1 Å². The van der Waals surface area contributed by atoms with E-state index in [-0.39, 0.29) is 28.2 Å². The van der Waals surface area contributed by atoms with E-state index in [9.17, 15) is 28.1 Å². The fourth-order valence-corrected chi connectivity index (χ4v) is 3.17. The molecule has 7 nitrogen and oxygen atoms in total. The van der Waals surface area contributed by atoms with Gasteiger partial charge in [0.2, 0.25) is 0 Å². The summed E-state index contributed by atoms with van der Waals surface area (Å²) in [7, 11) is 0. The molecule has 4 aromatic rings. The number of fused-ring (bicyclic) bond motifs is 1. The first-order valence-electron chi connectivity index (χ1n) is 8.39. The van der Waals surface area contributed by atoms with Gasteiger partial charge >= 0.3 is 6.18 Å². The Kier molecular flexibility index (Phi) is 4.58. The number of nitro benzene ring substituents is 1. The highest BCUT2D eigenvalue weighted by Gasteiger charge is 2.39. The number of hydrogen-bond donors (Lipinski definition) is 1. The van der Waals surface area contributed by atoms with Gasteiger partial charge in [-0.05, 0) is 35.4 Å². The minimum Gasteiger partial charge on any atom is -0.339 e. The smallest absolute Gasteiger partial charge is 0.339 e. The van der Waals surface area contributed by atoms with Crippen LogP contribution in [0, 0.1) is 10.1 Å². The molecule has 0 saturated heterocycles. The van der Waals surface area contributed by atoms with Gasteiger partial charge in [-0.15, -0.1) is 0 Å². The van der Waals surface area contributed by atoms with Crippen molar-refractivity contribution in [1.29, 1.82) is 0 Å². The Balaban J connectivity index is 1.99. The number of nitrogens with zero attached hydrogens (tertiary/aromatic N) is 3. The van der Waals surface area contributed by atoms with Gasteiger partial charge in [0.05, 0.1) is 16.2 Å². The third kappa shape index (κ3) is 3.41. The van der Waals surface area contributed by atoms with Crippen molar-refractivity contribution in [2.75, 3.05) is 0 Å². The molecule has 30 heavy (non-hydrogen) atoms. The number of halogens is 4. The molecule has 0 amide bonds. The van der Waals surface area contributed by atoms with Gasteiger partial charge in [-0.3, -0.25) is 14.9 Å². The lowest BCUT2D eigenvalue weighted by Gasteiger charge is -2.07. The highest BCUT2D eigenvalue weighted by Crippen LogP contribution is 2.38. The van der Waals surface area contributed by atoms with Gasteiger partial charge in [0, 0.05) is 23.2 Å². The second-order valence-electron chi connectivity index (χ2n) is 6.31. The molecule has 2 heterocycles. The van der Waals surface area contributed by atoms with E-state index in [2.05, 4.69) is 10.1 Å². The van der Waals surface area contributed by atoms with Crippen LogP contribution in [-0.2, 0) is 6.18 Å². The van der Waals surface area contributed by atoms with Crippen molar-refractivity contribution in [3.63, 3.8) is 0 Å². The Hall–Kier alpha value is -3.66. The first-order valence-corrected chi connectivity index (χ1v) is 8.77.